The highest BCUT2D eigenvalue weighted by Gasteiger charge is 2.27. The Kier molecular flexibility index (Phi) is 1.07. The van der Waals surface area contributed by atoms with Crippen LogP contribution in [0.15, 0.2) is 5.16 Å². The third-order valence-electron chi connectivity index (χ3n) is 1.61. The molecular formula is C5H10BNO. The molecule has 1 atom stereocenters. The SMILES string of the molecule is BC1(C)CON=C1C. The maximum Gasteiger partial charge on any atom is 0.121 e. The highest BCUT2D eigenvalue weighted by molar-refractivity contribution is 6.29. The van der Waals surface area contributed by atoms with E-state index < -0.39 is 0 Å². The van der Waals surface area contributed by atoms with Crippen molar-refractivity contribution < 1.29 is 4.84 Å². The quantitative estimate of drug-likeness (QED) is 0.409. The molecule has 44 valence electrons. The molecule has 0 aromatic rings. The lowest BCUT2D eigenvalue weighted by atomic mass is 9.69. The van der Waals surface area contributed by atoms with Gasteiger partial charge in [0, 0.05) is 5.31 Å². The Hall–Kier alpha value is -0.465. The zero-order chi connectivity index (χ0) is 6.20. The van der Waals surface area contributed by atoms with Gasteiger partial charge in [0.05, 0.1) is 5.71 Å². The number of hydrogen-bond acceptors (Lipinski definition) is 2. The number of oxime groups is 1. The molecule has 0 bridgehead atoms. The summed E-state index contributed by atoms with van der Waals surface area (Å²) in [4.78, 5) is 4.86. The predicted molar refractivity (Wildman–Crippen MR) is 36.0 cm³/mol. The lowest BCUT2D eigenvalue weighted by molar-refractivity contribution is 0.161. The average molecular weight is 111 g/mol. The summed E-state index contributed by atoms with van der Waals surface area (Å²) >= 11 is 0. The van der Waals surface area contributed by atoms with Crippen LogP contribution in [-0.2, 0) is 4.84 Å². The van der Waals surface area contributed by atoms with Crippen molar-refractivity contribution in [1.82, 2.24) is 0 Å². The second-order valence-electron chi connectivity index (χ2n) is 2.83. The summed E-state index contributed by atoms with van der Waals surface area (Å²) in [5.74, 6) is 0. The van der Waals surface area contributed by atoms with E-state index in [1.165, 1.54) is 0 Å². The largest absolute Gasteiger partial charge is 0.396 e. The van der Waals surface area contributed by atoms with E-state index in [0.717, 1.165) is 12.3 Å². The highest BCUT2D eigenvalue weighted by Crippen LogP contribution is 2.27. The summed E-state index contributed by atoms with van der Waals surface area (Å²) < 4.78 is 0. The molecule has 0 radical (unpaired) electrons. The van der Waals surface area contributed by atoms with Gasteiger partial charge in [0.2, 0.25) is 0 Å². The van der Waals surface area contributed by atoms with Gasteiger partial charge in [-0.3, -0.25) is 0 Å². The number of hydrogen-bond donors (Lipinski definition) is 0. The van der Waals surface area contributed by atoms with Crippen LogP contribution < -0.4 is 0 Å². The van der Waals surface area contributed by atoms with Gasteiger partial charge in [-0.25, -0.2) is 0 Å². The first kappa shape index (κ1) is 5.67. The summed E-state index contributed by atoms with van der Waals surface area (Å²) in [5.41, 5.74) is 1.09. The smallest absolute Gasteiger partial charge is 0.121 e. The van der Waals surface area contributed by atoms with E-state index in [4.69, 9.17) is 4.84 Å². The lowest BCUT2D eigenvalue weighted by Crippen LogP contribution is -2.16. The normalized spacial score (nSPS) is 36.5. The molecule has 1 rings (SSSR count). The van der Waals surface area contributed by atoms with Gasteiger partial charge in [0.25, 0.3) is 0 Å². The lowest BCUT2D eigenvalue weighted by Gasteiger charge is -2.12. The van der Waals surface area contributed by atoms with Crippen LogP contribution in [0.3, 0.4) is 0 Å². The van der Waals surface area contributed by atoms with Gasteiger partial charge in [-0.2, -0.15) is 0 Å². The van der Waals surface area contributed by atoms with E-state index >= 15 is 0 Å². The summed E-state index contributed by atoms with van der Waals surface area (Å²) in [6.07, 6.45) is 0. The van der Waals surface area contributed by atoms with Crippen molar-refractivity contribution in [2.24, 2.45) is 5.16 Å². The standard InChI is InChI=1S/C5H10BNO/c1-4-5(2,6)3-8-7-4/h3,6H2,1-2H3. The monoisotopic (exact) mass is 111 g/mol. The molecule has 0 fully saturated rings. The maximum atomic E-state index is 4.86. The van der Waals surface area contributed by atoms with E-state index in [1.807, 2.05) is 6.92 Å². The first-order valence-corrected chi connectivity index (χ1v) is 2.80. The molecule has 0 aromatic carbocycles. The van der Waals surface area contributed by atoms with Crippen molar-refractivity contribution in [3.63, 3.8) is 0 Å². The number of rotatable bonds is 0. The van der Waals surface area contributed by atoms with E-state index in [-0.39, 0.29) is 5.31 Å². The summed E-state index contributed by atoms with van der Waals surface area (Å²) in [5, 5.41) is 3.99. The molecule has 1 aliphatic heterocycles. The van der Waals surface area contributed by atoms with E-state index in [1.54, 1.807) is 0 Å². The van der Waals surface area contributed by atoms with E-state index in [2.05, 4.69) is 19.9 Å². The fourth-order valence-electron chi connectivity index (χ4n) is 0.518. The zero-order valence-corrected chi connectivity index (χ0v) is 5.56. The minimum Gasteiger partial charge on any atom is -0.396 e. The minimum atomic E-state index is 0.181. The van der Waals surface area contributed by atoms with Gasteiger partial charge >= 0.3 is 0 Å². The molecule has 8 heavy (non-hydrogen) atoms. The highest BCUT2D eigenvalue weighted by atomic mass is 16.6. The van der Waals surface area contributed by atoms with Gasteiger partial charge in [-0.05, 0) is 6.92 Å². The van der Waals surface area contributed by atoms with Crippen LogP contribution in [0, 0.1) is 0 Å². The van der Waals surface area contributed by atoms with Crippen LogP contribution in [0.25, 0.3) is 0 Å². The van der Waals surface area contributed by atoms with Crippen molar-refractivity contribution >= 4 is 13.6 Å². The Morgan fingerprint density at radius 2 is 2.50 bits per heavy atom. The summed E-state index contributed by atoms with van der Waals surface area (Å²) in [7, 11) is 2.12. The molecule has 1 unspecified atom stereocenters. The second kappa shape index (κ2) is 1.50. The van der Waals surface area contributed by atoms with Crippen LogP contribution in [0.1, 0.15) is 13.8 Å². The average Bonchev–Trinajstić information content (AvgIpc) is 1.86. The van der Waals surface area contributed by atoms with E-state index in [9.17, 15) is 0 Å². The van der Waals surface area contributed by atoms with Crippen molar-refractivity contribution in [2.75, 3.05) is 6.61 Å². The molecule has 0 saturated heterocycles. The van der Waals surface area contributed by atoms with Gasteiger partial charge < -0.3 is 4.84 Å². The van der Waals surface area contributed by atoms with Gasteiger partial charge in [0.1, 0.15) is 14.5 Å². The minimum absolute atomic E-state index is 0.181. The third-order valence-corrected chi connectivity index (χ3v) is 1.61. The maximum absolute atomic E-state index is 4.86. The summed E-state index contributed by atoms with van der Waals surface area (Å²) in [6.45, 7) is 4.85. The first-order valence-electron chi connectivity index (χ1n) is 2.80. The van der Waals surface area contributed by atoms with Gasteiger partial charge in [-0.1, -0.05) is 12.1 Å². The molecule has 2 nitrogen and oxygen atoms in total. The fraction of sp³-hybridized carbons (Fsp3) is 0.800. The van der Waals surface area contributed by atoms with Crippen molar-refractivity contribution in [1.29, 1.82) is 0 Å². The molecule has 0 spiro atoms. The summed E-state index contributed by atoms with van der Waals surface area (Å²) in [6, 6.07) is 0. The molecule has 0 aliphatic carbocycles. The van der Waals surface area contributed by atoms with Crippen molar-refractivity contribution in [2.45, 2.75) is 19.2 Å². The Morgan fingerprint density at radius 3 is 2.62 bits per heavy atom. The van der Waals surface area contributed by atoms with Gasteiger partial charge in [-0.15, -0.1) is 0 Å². The Labute approximate surface area is 50.3 Å². The Balaban J connectivity index is 2.73. The Morgan fingerprint density at radius 1 is 1.88 bits per heavy atom. The molecule has 0 saturated carbocycles. The van der Waals surface area contributed by atoms with Crippen LogP contribution in [0.5, 0.6) is 0 Å². The second-order valence-corrected chi connectivity index (χ2v) is 2.83. The van der Waals surface area contributed by atoms with Crippen molar-refractivity contribution in [3.05, 3.63) is 0 Å². The number of nitrogens with zero attached hydrogens (tertiary/aromatic N) is 1. The van der Waals surface area contributed by atoms with Gasteiger partial charge in [0.15, 0.2) is 0 Å². The molecule has 3 heteroatoms. The van der Waals surface area contributed by atoms with Crippen LogP contribution in [0.4, 0.5) is 0 Å². The predicted octanol–water partition coefficient (Wildman–Crippen LogP) is 0.204. The van der Waals surface area contributed by atoms with Crippen LogP contribution >= 0.6 is 0 Å². The Bertz CT molecular complexity index is 130. The molecular weight excluding hydrogens is 101 g/mol. The topological polar surface area (TPSA) is 21.6 Å². The molecule has 0 N–H and O–H groups in total. The van der Waals surface area contributed by atoms with Crippen molar-refractivity contribution in [3.8, 4) is 0 Å². The zero-order valence-electron chi connectivity index (χ0n) is 5.56. The molecule has 0 amide bonds. The third kappa shape index (κ3) is 0.724. The molecule has 1 heterocycles. The van der Waals surface area contributed by atoms with E-state index in [0.29, 0.717) is 0 Å². The molecule has 0 aromatic heterocycles. The van der Waals surface area contributed by atoms with Crippen LogP contribution in [-0.4, -0.2) is 20.2 Å². The molecule has 1 aliphatic rings. The fourth-order valence-corrected chi connectivity index (χ4v) is 0.518. The first-order chi connectivity index (χ1) is 3.63. The van der Waals surface area contributed by atoms with Crippen LogP contribution in [0.2, 0.25) is 5.31 Å².